The van der Waals surface area contributed by atoms with Gasteiger partial charge in [-0.2, -0.15) is 8.78 Å². The highest BCUT2D eigenvalue weighted by atomic mass is 28.4. The highest BCUT2D eigenvalue weighted by Gasteiger charge is 2.54. The van der Waals surface area contributed by atoms with E-state index < -0.39 is 26.6 Å². The number of carbonyl (C=O) groups is 1. The lowest BCUT2D eigenvalue weighted by Crippen LogP contribution is -2.68. The van der Waals surface area contributed by atoms with Crippen molar-refractivity contribution in [2.24, 2.45) is 11.8 Å². The van der Waals surface area contributed by atoms with Crippen LogP contribution in [0.4, 0.5) is 8.78 Å². The summed E-state index contributed by atoms with van der Waals surface area (Å²) in [5, 5.41) is 2.12. The summed E-state index contributed by atoms with van der Waals surface area (Å²) < 4.78 is 56.4. The van der Waals surface area contributed by atoms with Crippen LogP contribution in [0.5, 0.6) is 0 Å². The standard InChI is InChI=1S/C43H60F2O5Si/c1-7-8-26-39(49-41-28-19-20-31-48-41)43(44,45)30-29-36-33(2)32-38(37(36)25-17-9-10-18-27-40(46)47-6)50-51(42(3,4)5,34-21-13-11-14-22-34)35-23-15-12-16-24-35/h9,11-17,21-24,29-30,36-39,41H,2,7-8,10,18-20,25-28,31-32H2,1,3-6H3/t36-,37+,38-,39?,41?/m0/s1. The van der Waals surface area contributed by atoms with Crippen molar-refractivity contribution in [2.75, 3.05) is 13.7 Å². The minimum atomic E-state index is -3.18. The van der Waals surface area contributed by atoms with Crippen LogP contribution in [0.15, 0.2) is 97.1 Å². The maximum atomic E-state index is 16.2. The van der Waals surface area contributed by atoms with Gasteiger partial charge in [0.2, 0.25) is 0 Å². The maximum absolute atomic E-state index is 16.2. The average Bonchev–Trinajstić information content (AvgIpc) is 3.42. The van der Waals surface area contributed by atoms with Gasteiger partial charge >= 0.3 is 5.97 Å². The van der Waals surface area contributed by atoms with Gasteiger partial charge in [0, 0.05) is 18.9 Å². The first-order valence-corrected chi connectivity index (χ1v) is 20.9. The van der Waals surface area contributed by atoms with E-state index in [9.17, 15) is 4.79 Å². The van der Waals surface area contributed by atoms with E-state index in [2.05, 4.69) is 88.0 Å². The summed E-state index contributed by atoms with van der Waals surface area (Å²) in [5.74, 6) is -3.82. The number of hydrogen-bond acceptors (Lipinski definition) is 5. The molecule has 0 amide bonds. The molecule has 2 aliphatic rings. The molecular weight excluding hydrogens is 663 g/mol. The fourth-order valence-electron chi connectivity index (χ4n) is 7.62. The number of methoxy groups -OCH3 is 1. The Morgan fingerprint density at radius 1 is 1.02 bits per heavy atom. The number of ether oxygens (including phenoxy) is 3. The molecule has 1 saturated carbocycles. The molecule has 1 aliphatic carbocycles. The van der Waals surface area contributed by atoms with E-state index in [-0.39, 0.29) is 35.4 Å². The molecule has 1 aliphatic heterocycles. The summed E-state index contributed by atoms with van der Waals surface area (Å²) in [4.78, 5) is 11.6. The fourth-order valence-corrected chi connectivity index (χ4v) is 12.4. The molecule has 1 heterocycles. The minimum Gasteiger partial charge on any atom is -0.469 e. The van der Waals surface area contributed by atoms with Gasteiger partial charge in [-0.05, 0) is 78.8 Å². The SMILES string of the molecule is C=C1C[C@H](O[Si](c2ccccc2)(c2ccccc2)C(C)(C)C)[C@H](CC=CCCCC(=O)OC)[C@H]1C=CC(F)(F)C(CCCC)OC1CCCCO1. The van der Waals surface area contributed by atoms with Gasteiger partial charge in [-0.25, -0.2) is 0 Å². The predicted molar refractivity (Wildman–Crippen MR) is 205 cm³/mol. The molecule has 0 spiro atoms. The second-order valence-electron chi connectivity index (χ2n) is 15.1. The summed E-state index contributed by atoms with van der Waals surface area (Å²) in [6, 6.07) is 21.0. The van der Waals surface area contributed by atoms with Gasteiger partial charge < -0.3 is 18.6 Å². The molecular formula is C43H60F2O5Si. The van der Waals surface area contributed by atoms with E-state index in [1.54, 1.807) is 6.08 Å². The third-order valence-electron chi connectivity index (χ3n) is 10.4. The molecule has 0 radical (unpaired) electrons. The Morgan fingerprint density at radius 2 is 1.69 bits per heavy atom. The van der Waals surface area contributed by atoms with E-state index in [4.69, 9.17) is 18.6 Å². The summed E-state index contributed by atoms with van der Waals surface area (Å²) in [5.41, 5.74) is 0.899. The van der Waals surface area contributed by atoms with Crippen molar-refractivity contribution in [3.63, 3.8) is 0 Å². The van der Waals surface area contributed by atoms with Crippen molar-refractivity contribution in [3.05, 3.63) is 97.1 Å². The largest absolute Gasteiger partial charge is 0.469 e. The number of hydrogen-bond donors (Lipinski definition) is 0. The number of unbranched alkanes of at least 4 members (excludes halogenated alkanes) is 2. The zero-order valence-electron chi connectivity index (χ0n) is 31.5. The lowest BCUT2D eigenvalue weighted by atomic mass is 9.88. The minimum absolute atomic E-state index is 0.111. The van der Waals surface area contributed by atoms with Gasteiger partial charge in [0.1, 0.15) is 6.10 Å². The van der Waals surface area contributed by atoms with Crippen molar-refractivity contribution < 1.29 is 32.2 Å². The molecule has 51 heavy (non-hydrogen) atoms. The van der Waals surface area contributed by atoms with Gasteiger partial charge in [-0.1, -0.05) is 132 Å². The number of carbonyl (C=O) groups excluding carboxylic acids is 1. The van der Waals surface area contributed by atoms with Gasteiger partial charge in [0.05, 0.1) is 13.2 Å². The third kappa shape index (κ3) is 10.8. The van der Waals surface area contributed by atoms with Crippen molar-refractivity contribution in [1.82, 2.24) is 0 Å². The molecule has 2 fully saturated rings. The van der Waals surface area contributed by atoms with Crippen LogP contribution < -0.4 is 10.4 Å². The first kappa shape index (κ1) is 40.9. The Bertz CT molecular complexity index is 1380. The Balaban J connectivity index is 1.68. The summed E-state index contributed by atoms with van der Waals surface area (Å²) >= 11 is 0. The van der Waals surface area contributed by atoms with Crippen LogP contribution in [-0.4, -0.2) is 52.4 Å². The molecule has 4 rings (SSSR count). The van der Waals surface area contributed by atoms with Gasteiger partial charge in [0.15, 0.2) is 6.29 Å². The fraction of sp³-hybridized carbons (Fsp3) is 0.558. The van der Waals surface area contributed by atoms with E-state index >= 15 is 8.78 Å². The van der Waals surface area contributed by atoms with Crippen LogP contribution >= 0.6 is 0 Å². The van der Waals surface area contributed by atoms with Crippen molar-refractivity contribution in [3.8, 4) is 0 Å². The Kier molecular flexibility index (Phi) is 15.4. The number of benzene rings is 2. The molecule has 2 aromatic carbocycles. The van der Waals surface area contributed by atoms with E-state index in [0.29, 0.717) is 45.1 Å². The molecule has 2 aromatic rings. The molecule has 0 bridgehead atoms. The zero-order valence-corrected chi connectivity index (χ0v) is 32.5. The average molecular weight is 723 g/mol. The second-order valence-corrected chi connectivity index (χ2v) is 19.4. The Morgan fingerprint density at radius 3 is 2.25 bits per heavy atom. The van der Waals surface area contributed by atoms with Crippen LogP contribution in [0.25, 0.3) is 0 Å². The lowest BCUT2D eigenvalue weighted by Gasteiger charge is -2.45. The second kappa shape index (κ2) is 19.2. The molecule has 2 unspecified atom stereocenters. The Hall–Kier alpha value is -2.91. The van der Waals surface area contributed by atoms with Crippen LogP contribution in [0.1, 0.15) is 98.3 Å². The monoisotopic (exact) mass is 722 g/mol. The zero-order chi connectivity index (χ0) is 36.9. The van der Waals surface area contributed by atoms with E-state index in [1.165, 1.54) is 17.5 Å². The molecule has 8 heteroatoms. The highest BCUT2D eigenvalue weighted by Crippen LogP contribution is 2.46. The first-order chi connectivity index (χ1) is 24.4. The normalized spacial score (nSPS) is 22.5. The lowest BCUT2D eigenvalue weighted by molar-refractivity contribution is -0.229. The maximum Gasteiger partial charge on any atom is 0.305 e. The summed E-state index contributed by atoms with van der Waals surface area (Å²) in [6.45, 7) is 13.8. The van der Waals surface area contributed by atoms with Crippen LogP contribution in [0, 0.1) is 11.8 Å². The molecule has 1 saturated heterocycles. The van der Waals surface area contributed by atoms with Gasteiger partial charge in [-0.3, -0.25) is 4.79 Å². The molecule has 280 valence electrons. The molecule has 5 nitrogen and oxygen atoms in total. The number of rotatable bonds is 18. The van der Waals surface area contributed by atoms with E-state index in [1.807, 2.05) is 19.1 Å². The topological polar surface area (TPSA) is 54.0 Å². The predicted octanol–water partition coefficient (Wildman–Crippen LogP) is 9.71. The third-order valence-corrected chi connectivity index (χ3v) is 15.5. The molecule has 5 atom stereocenters. The van der Waals surface area contributed by atoms with Crippen LogP contribution in [0.2, 0.25) is 5.04 Å². The highest BCUT2D eigenvalue weighted by molar-refractivity contribution is 6.99. The summed E-state index contributed by atoms with van der Waals surface area (Å²) in [6.07, 6.45) is 12.0. The van der Waals surface area contributed by atoms with Crippen LogP contribution in [0.3, 0.4) is 0 Å². The van der Waals surface area contributed by atoms with Gasteiger partial charge in [0.25, 0.3) is 14.2 Å². The van der Waals surface area contributed by atoms with Crippen molar-refractivity contribution >= 4 is 24.7 Å². The molecule has 0 aromatic heterocycles. The smallest absolute Gasteiger partial charge is 0.305 e. The summed E-state index contributed by atoms with van der Waals surface area (Å²) in [7, 11) is -1.53. The van der Waals surface area contributed by atoms with E-state index in [0.717, 1.165) is 37.3 Å². The van der Waals surface area contributed by atoms with Crippen molar-refractivity contribution in [2.45, 2.75) is 128 Å². The molecule has 0 N–H and O–H groups in total. The Labute approximate surface area is 306 Å². The number of halogens is 2. The van der Waals surface area contributed by atoms with Gasteiger partial charge in [-0.15, -0.1) is 0 Å². The number of allylic oxidation sites excluding steroid dienone is 3. The van der Waals surface area contributed by atoms with Crippen LogP contribution in [-0.2, 0) is 23.4 Å². The first-order valence-electron chi connectivity index (χ1n) is 19.0. The number of esters is 1. The van der Waals surface area contributed by atoms with Crippen molar-refractivity contribution in [1.29, 1.82) is 0 Å². The quantitative estimate of drug-likeness (QED) is 0.0664. The number of alkyl halides is 2.